The van der Waals surface area contributed by atoms with E-state index in [1.807, 2.05) is 6.92 Å². The summed E-state index contributed by atoms with van der Waals surface area (Å²) in [6.07, 6.45) is 2.37. The molecule has 0 unspecified atom stereocenters. The highest BCUT2D eigenvalue weighted by Crippen LogP contribution is 2.31. The van der Waals surface area contributed by atoms with Gasteiger partial charge in [0.1, 0.15) is 0 Å². The molecule has 0 heterocycles. The van der Waals surface area contributed by atoms with E-state index >= 15 is 0 Å². The molecule has 3 heteroatoms. The van der Waals surface area contributed by atoms with Gasteiger partial charge >= 0.3 is 0 Å². The zero-order valence-electron chi connectivity index (χ0n) is 5.43. The standard InChI is InChI=1S/C6H10ClNO/c1-2-9-6(8-7)5-3-4-5/h5H,2-4H2,1H3/b8-6-. The Labute approximate surface area is 60.0 Å². The first-order valence-electron chi connectivity index (χ1n) is 3.20. The normalized spacial score (nSPS) is 20.0. The minimum Gasteiger partial charge on any atom is -0.480 e. The lowest BCUT2D eigenvalue weighted by molar-refractivity contribution is 0.315. The van der Waals surface area contributed by atoms with Gasteiger partial charge in [-0.2, -0.15) is 0 Å². The molecule has 1 fully saturated rings. The Bertz CT molecular complexity index is 120. The Morgan fingerprint density at radius 2 is 2.44 bits per heavy atom. The molecule has 0 atom stereocenters. The molecular weight excluding hydrogens is 138 g/mol. The number of rotatable bonds is 2. The number of hydrogen-bond donors (Lipinski definition) is 0. The van der Waals surface area contributed by atoms with E-state index in [0.29, 0.717) is 12.5 Å². The summed E-state index contributed by atoms with van der Waals surface area (Å²) in [6.45, 7) is 2.60. The second-order valence-corrected chi connectivity index (χ2v) is 2.30. The molecule has 52 valence electrons. The molecule has 9 heavy (non-hydrogen) atoms. The van der Waals surface area contributed by atoms with E-state index in [2.05, 4.69) is 4.51 Å². The highest BCUT2D eigenvalue weighted by atomic mass is 35.5. The van der Waals surface area contributed by atoms with Crippen LogP contribution in [0.15, 0.2) is 4.51 Å². The highest BCUT2D eigenvalue weighted by molar-refractivity contribution is 6.19. The molecule has 0 N–H and O–H groups in total. The van der Waals surface area contributed by atoms with Crippen LogP contribution in [0.4, 0.5) is 0 Å². The third-order valence-corrected chi connectivity index (χ3v) is 1.47. The van der Waals surface area contributed by atoms with Crippen molar-refractivity contribution in [2.24, 2.45) is 10.4 Å². The molecule has 0 aromatic heterocycles. The molecule has 0 amide bonds. The molecule has 0 radical (unpaired) electrons. The van der Waals surface area contributed by atoms with Crippen LogP contribution in [0.5, 0.6) is 0 Å². The molecule has 0 aromatic rings. The fourth-order valence-electron chi connectivity index (χ4n) is 0.689. The molecule has 1 saturated carbocycles. The van der Waals surface area contributed by atoms with Crippen molar-refractivity contribution in [3.05, 3.63) is 0 Å². The molecule has 1 aliphatic carbocycles. The second-order valence-electron chi connectivity index (χ2n) is 2.13. The Balaban J connectivity index is 2.30. The summed E-state index contributed by atoms with van der Waals surface area (Å²) in [5.74, 6) is 1.25. The Hall–Kier alpha value is -0.240. The lowest BCUT2D eigenvalue weighted by Gasteiger charge is -2.01. The molecule has 1 rings (SSSR count). The van der Waals surface area contributed by atoms with E-state index in [0.717, 1.165) is 5.90 Å². The number of halogens is 1. The van der Waals surface area contributed by atoms with Crippen LogP contribution in [0.3, 0.4) is 0 Å². The third-order valence-electron chi connectivity index (χ3n) is 1.30. The van der Waals surface area contributed by atoms with Crippen LogP contribution in [-0.2, 0) is 4.74 Å². The van der Waals surface area contributed by atoms with Gasteiger partial charge < -0.3 is 4.74 Å². The second kappa shape index (κ2) is 3.06. The van der Waals surface area contributed by atoms with Crippen molar-refractivity contribution in [1.82, 2.24) is 0 Å². The summed E-state index contributed by atoms with van der Waals surface area (Å²) in [5.41, 5.74) is 0. The summed E-state index contributed by atoms with van der Waals surface area (Å²) in [5, 5.41) is 0. The largest absolute Gasteiger partial charge is 0.480 e. The third kappa shape index (κ3) is 1.86. The van der Waals surface area contributed by atoms with E-state index in [-0.39, 0.29) is 0 Å². The first-order valence-corrected chi connectivity index (χ1v) is 3.54. The lowest BCUT2D eigenvalue weighted by atomic mass is 10.4. The smallest absolute Gasteiger partial charge is 0.204 e. The zero-order chi connectivity index (χ0) is 6.69. The maximum absolute atomic E-state index is 5.24. The highest BCUT2D eigenvalue weighted by Gasteiger charge is 2.28. The summed E-state index contributed by atoms with van der Waals surface area (Å²) in [7, 11) is 0. The molecule has 0 aromatic carbocycles. The van der Waals surface area contributed by atoms with E-state index in [1.165, 1.54) is 12.8 Å². The minimum atomic E-state index is 0.530. The first kappa shape index (κ1) is 6.87. The SMILES string of the molecule is CCO/C(=N\Cl)C1CC1. The topological polar surface area (TPSA) is 21.6 Å². The van der Waals surface area contributed by atoms with Crippen LogP contribution in [-0.4, -0.2) is 12.5 Å². The van der Waals surface area contributed by atoms with Crippen LogP contribution in [0.1, 0.15) is 19.8 Å². The van der Waals surface area contributed by atoms with Gasteiger partial charge in [0.2, 0.25) is 5.90 Å². The van der Waals surface area contributed by atoms with Crippen molar-refractivity contribution in [2.45, 2.75) is 19.8 Å². The van der Waals surface area contributed by atoms with Gasteiger partial charge in [0, 0.05) is 17.7 Å². The van der Waals surface area contributed by atoms with Gasteiger partial charge in [0.25, 0.3) is 0 Å². The van der Waals surface area contributed by atoms with Crippen molar-refractivity contribution < 1.29 is 4.74 Å². The monoisotopic (exact) mass is 147 g/mol. The van der Waals surface area contributed by atoms with Gasteiger partial charge in [-0.25, -0.2) is 0 Å². The number of hydrogen-bond acceptors (Lipinski definition) is 2. The minimum absolute atomic E-state index is 0.530. The number of nitrogens with zero attached hydrogens (tertiary/aromatic N) is 1. The van der Waals surface area contributed by atoms with Gasteiger partial charge in [-0.05, 0) is 19.8 Å². The first-order chi connectivity index (χ1) is 4.38. The molecule has 0 bridgehead atoms. The van der Waals surface area contributed by atoms with Crippen molar-refractivity contribution in [3.63, 3.8) is 0 Å². The molecular formula is C6H10ClNO. The van der Waals surface area contributed by atoms with E-state index in [4.69, 9.17) is 16.5 Å². The summed E-state index contributed by atoms with van der Waals surface area (Å²) in [4.78, 5) is 0. The average Bonchev–Trinajstić information content (AvgIpc) is 2.64. The van der Waals surface area contributed by atoms with E-state index < -0.39 is 0 Å². The Kier molecular flexibility index (Phi) is 2.34. The number of ether oxygens (including phenoxy) is 1. The van der Waals surface area contributed by atoms with Crippen LogP contribution in [0.25, 0.3) is 0 Å². The van der Waals surface area contributed by atoms with Crippen molar-refractivity contribution in [2.75, 3.05) is 6.61 Å². The molecule has 2 nitrogen and oxygen atoms in total. The van der Waals surface area contributed by atoms with E-state index in [9.17, 15) is 0 Å². The van der Waals surface area contributed by atoms with Crippen molar-refractivity contribution >= 4 is 17.7 Å². The van der Waals surface area contributed by atoms with Crippen LogP contribution in [0, 0.1) is 5.92 Å². The average molecular weight is 148 g/mol. The fraction of sp³-hybridized carbons (Fsp3) is 0.833. The summed E-state index contributed by atoms with van der Waals surface area (Å²) < 4.78 is 8.64. The molecule has 0 saturated heterocycles. The van der Waals surface area contributed by atoms with Crippen LogP contribution in [0.2, 0.25) is 0 Å². The van der Waals surface area contributed by atoms with E-state index in [1.54, 1.807) is 0 Å². The van der Waals surface area contributed by atoms with Gasteiger partial charge in [-0.15, -0.1) is 4.51 Å². The molecule has 1 aliphatic rings. The summed E-state index contributed by atoms with van der Waals surface area (Å²) in [6, 6.07) is 0. The van der Waals surface area contributed by atoms with Gasteiger partial charge in [0.15, 0.2) is 0 Å². The maximum Gasteiger partial charge on any atom is 0.204 e. The fourth-order valence-corrected chi connectivity index (χ4v) is 0.876. The predicted molar refractivity (Wildman–Crippen MR) is 37.6 cm³/mol. The lowest BCUT2D eigenvalue weighted by Crippen LogP contribution is -2.05. The Morgan fingerprint density at radius 3 is 2.78 bits per heavy atom. The van der Waals surface area contributed by atoms with Crippen LogP contribution >= 0.6 is 11.8 Å². The van der Waals surface area contributed by atoms with Gasteiger partial charge in [0.05, 0.1) is 6.61 Å². The molecule has 0 aliphatic heterocycles. The summed E-state index contributed by atoms with van der Waals surface area (Å²) >= 11 is 5.24. The predicted octanol–water partition coefficient (Wildman–Crippen LogP) is 1.99. The maximum atomic E-state index is 5.24. The zero-order valence-corrected chi connectivity index (χ0v) is 6.19. The van der Waals surface area contributed by atoms with Gasteiger partial charge in [-0.3, -0.25) is 0 Å². The van der Waals surface area contributed by atoms with Crippen molar-refractivity contribution in [1.29, 1.82) is 0 Å². The van der Waals surface area contributed by atoms with Crippen molar-refractivity contribution in [3.8, 4) is 0 Å². The Morgan fingerprint density at radius 1 is 1.78 bits per heavy atom. The van der Waals surface area contributed by atoms with Crippen LogP contribution < -0.4 is 0 Å². The quantitative estimate of drug-likeness (QED) is 0.433. The van der Waals surface area contributed by atoms with Gasteiger partial charge in [-0.1, -0.05) is 0 Å². The molecule has 0 spiro atoms.